The number of non-ortho nitro benzene ring substituents is 1. The average molecular weight is 417 g/mol. The van der Waals surface area contributed by atoms with Crippen molar-refractivity contribution < 1.29 is 19.3 Å². The van der Waals surface area contributed by atoms with Gasteiger partial charge in [0.05, 0.1) is 4.92 Å². The molecule has 0 bridgehead atoms. The lowest BCUT2D eigenvalue weighted by Gasteiger charge is -2.22. The number of imide groups is 1. The topological polar surface area (TPSA) is 122 Å². The third-order valence-corrected chi connectivity index (χ3v) is 4.87. The first-order valence-corrected chi connectivity index (χ1v) is 8.98. The van der Waals surface area contributed by atoms with Gasteiger partial charge in [-0.3, -0.25) is 24.6 Å². The van der Waals surface area contributed by atoms with Crippen LogP contribution in [0.4, 0.5) is 10.5 Å². The molecular weight excluding hydrogens is 400 g/mol. The Labute approximate surface area is 170 Å². The number of amides is 4. The van der Waals surface area contributed by atoms with Gasteiger partial charge in [0, 0.05) is 23.7 Å². The number of urea groups is 1. The quantitative estimate of drug-likeness (QED) is 0.425. The molecule has 1 unspecified atom stereocenters. The van der Waals surface area contributed by atoms with Crippen LogP contribution in [-0.2, 0) is 21.7 Å². The Kier molecular flexibility index (Phi) is 5.51. The smallest absolute Gasteiger partial charge is 0.325 e. The summed E-state index contributed by atoms with van der Waals surface area (Å²) in [5.74, 6) is -1.18. The van der Waals surface area contributed by atoms with Crippen LogP contribution >= 0.6 is 11.6 Å². The first kappa shape index (κ1) is 20.3. The van der Waals surface area contributed by atoms with Crippen molar-refractivity contribution in [3.63, 3.8) is 0 Å². The summed E-state index contributed by atoms with van der Waals surface area (Å²) in [4.78, 5) is 48.6. The highest BCUT2D eigenvalue weighted by Gasteiger charge is 2.49. The molecule has 29 heavy (non-hydrogen) atoms. The number of nitro benzene ring substituents is 1. The Morgan fingerprint density at radius 1 is 1.24 bits per heavy atom. The number of carbonyl (C=O) groups excluding carboxylic acids is 3. The zero-order valence-corrected chi connectivity index (χ0v) is 16.1. The summed E-state index contributed by atoms with van der Waals surface area (Å²) >= 11 is 5.81. The molecule has 3 rings (SSSR count). The van der Waals surface area contributed by atoms with Crippen molar-refractivity contribution in [2.75, 3.05) is 6.54 Å². The van der Waals surface area contributed by atoms with Gasteiger partial charge in [0.15, 0.2) is 0 Å². The summed E-state index contributed by atoms with van der Waals surface area (Å²) in [6.07, 6.45) is 0. The highest BCUT2D eigenvalue weighted by molar-refractivity contribution is 6.30. The predicted octanol–water partition coefficient (Wildman–Crippen LogP) is 2.33. The lowest BCUT2D eigenvalue weighted by Crippen LogP contribution is -2.43. The van der Waals surface area contributed by atoms with Crippen molar-refractivity contribution in [3.05, 3.63) is 74.8 Å². The normalized spacial score (nSPS) is 18.5. The van der Waals surface area contributed by atoms with Crippen LogP contribution in [0.1, 0.15) is 18.1 Å². The van der Waals surface area contributed by atoms with Crippen LogP contribution in [0.2, 0.25) is 5.02 Å². The van der Waals surface area contributed by atoms with Crippen molar-refractivity contribution >= 4 is 35.1 Å². The van der Waals surface area contributed by atoms with E-state index in [1.165, 1.54) is 31.2 Å². The van der Waals surface area contributed by atoms with Crippen molar-refractivity contribution in [2.24, 2.45) is 0 Å². The number of carbonyl (C=O) groups is 3. The minimum absolute atomic E-state index is 0.204. The van der Waals surface area contributed by atoms with Gasteiger partial charge in [0.25, 0.3) is 11.6 Å². The lowest BCUT2D eigenvalue weighted by molar-refractivity contribution is -0.385. The van der Waals surface area contributed by atoms with Gasteiger partial charge in [0.1, 0.15) is 12.1 Å². The van der Waals surface area contributed by atoms with E-state index in [1.54, 1.807) is 24.3 Å². The molecule has 2 aromatic carbocycles. The summed E-state index contributed by atoms with van der Waals surface area (Å²) in [6.45, 7) is 1.18. The van der Waals surface area contributed by atoms with Crippen LogP contribution in [-0.4, -0.2) is 34.2 Å². The molecule has 0 saturated carbocycles. The number of nitrogens with zero attached hydrogens (tertiary/aromatic N) is 2. The highest BCUT2D eigenvalue weighted by atomic mass is 35.5. The summed E-state index contributed by atoms with van der Waals surface area (Å²) < 4.78 is 0. The first-order chi connectivity index (χ1) is 13.7. The Morgan fingerprint density at radius 2 is 1.93 bits per heavy atom. The van der Waals surface area contributed by atoms with Gasteiger partial charge in [-0.1, -0.05) is 35.9 Å². The molecule has 1 fully saturated rings. The fourth-order valence-electron chi connectivity index (χ4n) is 2.97. The molecule has 150 valence electrons. The Morgan fingerprint density at radius 3 is 2.59 bits per heavy atom. The molecule has 0 spiro atoms. The molecule has 1 heterocycles. The largest absolute Gasteiger partial charge is 0.350 e. The third kappa shape index (κ3) is 4.19. The van der Waals surface area contributed by atoms with Gasteiger partial charge in [-0.05, 0) is 30.2 Å². The minimum atomic E-state index is -1.50. The van der Waals surface area contributed by atoms with Gasteiger partial charge < -0.3 is 10.6 Å². The second kappa shape index (κ2) is 7.88. The molecular formula is C19H17ClN4O5. The molecule has 1 saturated heterocycles. The second-order valence-corrected chi connectivity index (χ2v) is 7.09. The molecule has 4 amide bonds. The molecule has 2 N–H and O–H groups in total. The number of hydrogen-bond acceptors (Lipinski definition) is 5. The number of halogens is 1. The molecule has 2 aromatic rings. The monoisotopic (exact) mass is 416 g/mol. The molecule has 9 nitrogen and oxygen atoms in total. The standard InChI is InChI=1S/C19H17ClN4O5/c1-19(13-3-2-4-15(9-13)24(28)29)17(26)23(18(27)22-19)11-16(25)21-10-12-5-7-14(20)8-6-12/h2-9H,10-11H2,1H3,(H,21,25)(H,22,27). The fraction of sp³-hybridized carbons (Fsp3) is 0.211. The summed E-state index contributed by atoms with van der Waals surface area (Å²) in [7, 11) is 0. The van der Waals surface area contributed by atoms with Crippen LogP contribution in [0.15, 0.2) is 48.5 Å². The molecule has 1 aliphatic heterocycles. The molecule has 1 aliphatic rings. The van der Waals surface area contributed by atoms with Crippen molar-refractivity contribution in [1.82, 2.24) is 15.5 Å². The number of benzene rings is 2. The maximum atomic E-state index is 12.8. The van der Waals surface area contributed by atoms with E-state index in [4.69, 9.17) is 11.6 Å². The van der Waals surface area contributed by atoms with E-state index in [0.717, 1.165) is 10.5 Å². The first-order valence-electron chi connectivity index (χ1n) is 8.61. The SMILES string of the molecule is CC1(c2cccc([N+](=O)[O-])c2)NC(=O)N(CC(=O)NCc2ccc(Cl)cc2)C1=O. The Bertz CT molecular complexity index is 994. The maximum Gasteiger partial charge on any atom is 0.325 e. The zero-order chi connectivity index (χ0) is 21.2. The van der Waals surface area contributed by atoms with Crippen LogP contribution in [0.25, 0.3) is 0 Å². The Hall–Kier alpha value is -3.46. The van der Waals surface area contributed by atoms with Crippen LogP contribution in [0.3, 0.4) is 0 Å². The van der Waals surface area contributed by atoms with Gasteiger partial charge in [0.2, 0.25) is 5.91 Å². The average Bonchev–Trinajstić information content (AvgIpc) is 2.91. The summed E-state index contributed by atoms with van der Waals surface area (Å²) in [6, 6.07) is 11.6. The van der Waals surface area contributed by atoms with E-state index >= 15 is 0 Å². The molecule has 0 aliphatic carbocycles. The van der Waals surface area contributed by atoms with E-state index in [1.807, 2.05) is 0 Å². The third-order valence-electron chi connectivity index (χ3n) is 4.61. The number of rotatable bonds is 6. The molecule has 1 atom stereocenters. The van der Waals surface area contributed by atoms with Crippen molar-refractivity contribution in [2.45, 2.75) is 19.0 Å². The second-order valence-electron chi connectivity index (χ2n) is 6.66. The van der Waals surface area contributed by atoms with Crippen molar-refractivity contribution in [1.29, 1.82) is 0 Å². The van der Waals surface area contributed by atoms with Gasteiger partial charge in [-0.15, -0.1) is 0 Å². The van der Waals surface area contributed by atoms with Crippen LogP contribution in [0.5, 0.6) is 0 Å². The van der Waals surface area contributed by atoms with E-state index in [2.05, 4.69) is 10.6 Å². The zero-order valence-electron chi connectivity index (χ0n) is 15.3. The van der Waals surface area contributed by atoms with Crippen LogP contribution in [0, 0.1) is 10.1 Å². The van der Waals surface area contributed by atoms with Crippen molar-refractivity contribution in [3.8, 4) is 0 Å². The number of nitrogens with one attached hydrogen (secondary N) is 2. The van der Waals surface area contributed by atoms with Gasteiger partial charge >= 0.3 is 6.03 Å². The summed E-state index contributed by atoms with van der Waals surface area (Å²) in [5.41, 5.74) is -0.639. The number of nitro groups is 1. The van der Waals surface area contributed by atoms with Gasteiger partial charge in [-0.2, -0.15) is 0 Å². The summed E-state index contributed by atoms with van der Waals surface area (Å²) in [5, 5.41) is 16.7. The van der Waals surface area contributed by atoms with Gasteiger partial charge in [-0.25, -0.2) is 4.79 Å². The molecule has 0 aromatic heterocycles. The van der Waals surface area contributed by atoms with E-state index < -0.39 is 34.9 Å². The highest BCUT2D eigenvalue weighted by Crippen LogP contribution is 2.30. The Balaban J connectivity index is 1.69. The minimum Gasteiger partial charge on any atom is -0.350 e. The van der Waals surface area contributed by atoms with E-state index in [9.17, 15) is 24.5 Å². The van der Waals surface area contributed by atoms with E-state index in [0.29, 0.717) is 5.02 Å². The lowest BCUT2D eigenvalue weighted by atomic mass is 9.91. The molecule has 10 heteroatoms. The fourth-order valence-corrected chi connectivity index (χ4v) is 3.10. The molecule has 0 radical (unpaired) electrons. The van der Waals surface area contributed by atoms with Crippen LogP contribution < -0.4 is 10.6 Å². The van der Waals surface area contributed by atoms with E-state index in [-0.39, 0.29) is 17.8 Å². The predicted molar refractivity (Wildman–Crippen MR) is 104 cm³/mol. The maximum absolute atomic E-state index is 12.8. The number of hydrogen-bond donors (Lipinski definition) is 2.